The summed E-state index contributed by atoms with van der Waals surface area (Å²) in [6.07, 6.45) is -1.16. The van der Waals surface area contributed by atoms with Crippen molar-refractivity contribution >= 4 is 34.6 Å². The first-order valence-corrected chi connectivity index (χ1v) is 10.2. The maximum absolute atomic E-state index is 13.5. The molecule has 2 amide bonds. The van der Waals surface area contributed by atoms with E-state index < -0.39 is 39.7 Å². The van der Waals surface area contributed by atoms with Gasteiger partial charge in [-0.1, -0.05) is 30.3 Å². The fourth-order valence-electron chi connectivity index (χ4n) is 4.35. The lowest BCUT2D eigenvalue weighted by Gasteiger charge is -2.28. The van der Waals surface area contributed by atoms with E-state index in [0.717, 1.165) is 4.90 Å². The van der Waals surface area contributed by atoms with Crippen LogP contribution in [0, 0.1) is 26.1 Å². The van der Waals surface area contributed by atoms with Gasteiger partial charge in [-0.15, -0.1) is 0 Å². The zero-order valence-corrected chi connectivity index (χ0v) is 17.4. The van der Waals surface area contributed by atoms with E-state index in [2.05, 4.69) is 0 Å². The number of fused-ring (bicyclic) bond motifs is 1. The predicted molar refractivity (Wildman–Crippen MR) is 119 cm³/mol. The second-order valence-electron chi connectivity index (χ2n) is 7.80. The van der Waals surface area contributed by atoms with Gasteiger partial charge in [-0.3, -0.25) is 34.7 Å². The molecule has 2 saturated heterocycles. The van der Waals surface area contributed by atoms with Gasteiger partial charge in [0.1, 0.15) is 5.92 Å². The van der Waals surface area contributed by atoms with Crippen molar-refractivity contribution in [1.82, 2.24) is 0 Å². The number of nitrogens with zero attached hydrogens (tertiary/aromatic N) is 4. The van der Waals surface area contributed by atoms with E-state index in [4.69, 9.17) is 4.84 Å². The third kappa shape index (κ3) is 3.35. The number of hydrogen-bond donors (Lipinski definition) is 0. The maximum Gasteiger partial charge on any atom is 0.269 e. The Morgan fingerprint density at radius 3 is 2.06 bits per heavy atom. The van der Waals surface area contributed by atoms with Crippen LogP contribution in [0.5, 0.6) is 0 Å². The van der Waals surface area contributed by atoms with Crippen LogP contribution in [-0.4, -0.2) is 27.8 Å². The molecule has 0 N–H and O–H groups in total. The van der Waals surface area contributed by atoms with Crippen LogP contribution < -0.4 is 9.96 Å². The van der Waals surface area contributed by atoms with Gasteiger partial charge < -0.3 is 0 Å². The standard InChI is InChI=1S/C23H16N4O7/c28-22-19-20(14-5-4-8-18(13-14)27(32)33)25(16-6-2-1-3-7-16)34-21(19)23(29)24(22)15-9-11-17(12-10-15)26(30)31/h1-13,19-21H/t19-,20-,21+/m0/s1. The molecule has 34 heavy (non-hydrogen) atoms. The van der Waals surface area contributed by atoms with E-state index in [1.54, 1.807) is 36.4 Å². The predicted octanol–water partition coefficient (Wildman–Crippen LogP) is 3.55. The Morgan fingerprint density at radius 1 is 0.735 bits per heavy atom. The summed E-state index contributed by atoms with van der Waals surface area (Å²) in [6.45, 7) is 0. The molecular weight excluding hydrogens is 444 g/mol. The van der Waals surface area contributed by atoms with Crippen LogP contribution in [0.2, 0.25) is 0 Å². The molecule has 0 saturated carbocycles. The average molecular weight is 460 g/mol. The summed E-state index contributed by atoms with van der Waals surface area (Å²) in [7, 11) is 0. The molecule has 3 atom stereocenters. The van der Waals surface area contributed by atoms with Crippen LogP contribution >= 0.6 is 0 Å². The Morgan fingerprint density at radius 2 is 1.41 bits per heavy atom. The van der Waals surface area contributed by atoms with E-state index in [1.165, 1.54) is 47.5 Å². The van der Waals surface area contributed by atoms with Crippen molar-refractivity contribution in [3.05, 3.63) is 105 Å². The number of nitro groups is 2. The number of rotatable bonds is 5. The molecule has 0 radical (unpaired) electrons. The first-order valence-electron chi connectivity index (χ1n) is 10.2. The molecule has 0 aromatic heterocycles. The summed E-state index contributed by atoms with van der Waals surface area (Å²) in [5, 5.41) is 23.8. The van der Waals surface area contributed by atoms with E-state index in [1.807, 2.05) is 0 Å². The molecule has 2 aliphatic rings. The summed E-state index contributed by atoms with van der Waals surface area (Å²) in [4.78, 5) is 54.9. The minimum atomic E-state index is -1.16. The average Bonchev–Trinajstić information content (AvgIpc) is 3.35. The second kappa shape index (κ2) is 8.05. The molecule has 170 valence electrons. The number of benzene rings is 3. The highest BCUT2D eigenvalue weighted by molar-refractivity contribution is 6.24. The number of anilines is 2. The third-order valence-corrected chi connectivity index (χ3v) is 5.87. The molecule has 0 spiro atoms. The van der Waals surface area contributed by atoms with Crippen molar-refractivity contribution in [3.63, 3.8) is 0 Å². The maximum atomic E-state index is 13.5. The van der Waals surface area contributed by atoms with Crippen LogP contribution in [0.15, 0.2) is 78.9 Å². The summed E-state index contributed by atoms with van der Waals surface area (Å²) < 4.78 is 0. The number of imide groups is 1. The van der Waals surface area contributed by atoms with Gasteiger partial charge in [0.25, 0.3) is 17.3 Å². The number of para-hydroxylation sites is 1. The van der Waals surface area contributed by atoms with Crippen molar-refractivity contribution in [2.75, 3.05) is 9.96 Å². The Labute approximate surface area is 192 Å². The monoisotopic (exact) mass is 460 g/mol. The number of hydroxylamine groups is 1. The molecule has 11 heteroatoms. The zero-order valence-electron chi connectivity index (χ0n) is 17.4. The summed E-state index contributed by atoms with van der Waals surface area (Å²) in [5.41, 5.74) is 0.873. The summed E-state index contributed by atoms with van der Waals surface area (Å²) >= 11 is 0. The number of hydrogen-bond acceptors (Lipinski definition) is 8. The van der Waals surface area contributed by atoms with Crippen molar-refractivity contribution in [2.45, 2.75) is 12.1 Å². The van der Waals surface area contributed by atoms with Crippen LogP contribution in [0.1, 0.15) is 11.6 Å². The van der Waals surface area contributed by atoms with Gasteiger partial charge in [0.15, 0.2) is 6.10 Å². The highest BCUT2D eigenvalue weighted by Gasteiger charge is 2.60. The van der Waals surface area contributed by atoms with Crippen LogP contribution in [0.25, 0.3) is 0 Å². The number of carbonyl (C=O) groups is 2. The zero-order chi connectivity index (χ0) is 24.0. The van der Waals surface area contributed by atoms with Crippen molar-refractivity contribution in [2.24, 2.45) is 5.92 Å². The topological polar surface area (TPSA) is 136 Å². The van der Waals surface area contributed by atoms with E-state index in [-0.39, 0.29) is 17.1 Å². The molecule has 5 rings (SSSR count). The number of carbonyl (C=O) groups excluding carboxylic acids is 2. The van der Waals surface area contributed by atoms with E-state index >= 15 is 0 Å². The highest BCUT2D eigenvalue weighted by atomic mass is 16.7. The normalized spacial score (nSPS) is 21.6. The number of nitro benzene ring substituents is 2. The second-order valence-corrected chi connectivity index (χ2v) is 7.80. The molecule has 2 heterocycles. The first-order chi connectivity index (χ1) is 16.4. The van der Waals surface area contributed by atoms with E-state index in [0.29, 0.717) is 11.3 Å². The van der Waals surface area contributed by atoms with Crippen molar-refractivity contribution in [1.29, 1.82) is 0 Å². The SMILES string of the molecule is O=C1[C@@H]2[C@@H](ON(c3ccccc3)[C@H]2c2cccc([N+](=O)[O-])c2)C(=O)N1c1ccc([N+](=O)[O-])cc1. The molecule has 0 unspecified atom stereocenters. The van der Waals surface area contributed by atoms with Gasteiger partial charge >= 0.3 is 0 Å². The Hall–Kier alpha value is -4.64. The molecule has 0 aliphatic carbocycles. The van der Waals surface area contributed by atoms with Gasteiger partial charge in [-0.25, -0.2) is 9.96 Å². The number of non-ortho nitro benzene ring substituents is 2. The molecule has 2 aliphatic heterocycles. The fourth-order valence-corrected chi connectivity index (χ4v) is 4.35. The van der Waals surface area contributed by atoms with Crippen LogP contribution in [-0.2, 0) is 14.4 Å². The van der Waals surface area contributed by atoms with Crippen LogP contribution in [0.4, 0.5) is 22.7 Å². The molecule has 11 nitrogen and oxygen atoms in total. The third-order valence-electron chi connectivity index (χ3n) is 5.87. The Kier molecular flexibility index (Phi) is 5.02. The lowest BCUT2D eigenvalue weighted by molar-refractivity contribution is -0.385. The quantitative estimate of drug-likeness (QED) is 0.320. The minimum Gasteiger partial charge on any atom is -0.273 e. The largest absolute Gasteiger partial charge is 0.273 e. The van der Waals surface area contributed by atoms with Crippen molar-refractivity contribution in [3.8, 4) is 0 Å². The minimum absolute atomic E-state index is 0.155. The smallest absolute Gasteiger partial charge is 0.269 e. The molecule has 3 aromatic carbocycles. The van der Waals surface area contributed by atoms with Gasteiger partial charge in [0.05, 0.1) is 27.3 Å². The molecular formula is C23H16N4O7. The summed E-state index contributed by atoms with van der Waals surface area (Å²) in [5.74, 6) is -2.15. The Balaban J connectivity index is 1.57. The molecule has 3 aromatic rings. The highest BCUT2D eigenvalue weighted by Crippen LogP contribution is 2.48. The molecule has 0 bridgehead atoms. The van der Waals surface area contributed by atoms with Crippen LogP contribution in [0.3, 0.4) is 0 Å². The van der Waals surface area contributed by atoms with E-state index in [9.17, 15) is 29.8 Å². The van der Waals surface area contributed by atoms with Crippen molar-refractivity contribution < 1.29 is 24.3 Å². The lowest BCUT2D eigenvalue weighted by Crippen LogP contribution is -2.37. The van der Waals surface area contributed by atoms with Gasteiger partial charge in [-0.05, 0) is 29.8 Å². The molecule has 2 fully saturated rings. The number of amides is 2. The fraction of sp³-hybridized carbons (Fsp3) is 0.130. The van der Waals surface area contributed by atoms with Gasteiger partial charge in [0.2, 0.25) is 5.91 Å². The first kappa shape index (κ1) is 21.2. The van der Waals surface area contributed by atoms with Gasteiger partial charge in [-0.2, -0.15) is 0 Å². The summed E-state index contributed by atoms with van der Waals surface area (Å²) in [6, 6.07) is 18.9. The van der Waals surface area contributed by atoms with Gasteiger partial charge in [0, 0.05) is 24.3 Å². The Bertz CT molecular complexity index is 1310. The lowest BCUT2D eigenvalue weighted by atomic mass is 9.90.